The van der Waals surface area contributed by atoms with Gasteiger partial charge < -0.3 is 10.4 Å². The molecule has 0 saturated heterocycles. The van der Waals surface area contributed by atoms with E-state index in [4.69, 9.17) is 5.11 Å². The van der Waals surface area contributed by atoms with Gasteiger partial charge in [-0.15, -0.1) is 0 Å². The molecule has 2 heteroatoms. The first kappa shape index (κ1) is 13.0. The molecule has 0 aromatic heterocycles. The van der Waals surface area contributed by atoms with Gasteiger partial charge in [0.1, 0.15) is 0 Å². The molecule has 0 bridgehead atoms. The third kappa shape index (κ3) is 3.76. The average molecular weight is 213 g/mol. The summed E-state index contributed by atoms with van der Waals surface area (Å²) in [5.41, 5.74) is 0.130. The van der Waals surface area contributed by atoms with Gasteiger partial charge in [-0.2, -0.15) is 0 Å². The molecule has 0 amide bonds. The van der Waals surface area contributed by atoms with Crippen molar-refractivity contribution in [2.24, 2.45) is 5.92 Å². The maximum absolute atomic E-state index is 9.09. The van der Waals surface area contributed by atoms with Crippen LogP contribution in [0.2, 0.25) is 0 Å². The molecule has 1 fully saturated rings. The van der Waals surface area contributed by atoms with Gasteiger partial charge in [-0.3, -0.25) is 0 Å². The Hall–Kier alpha value is -0.0800. The molecule has 3 unspecified atom stereocenters. The van der Waals surface area contributed by atoms with Crippen LogP contribution in [0.3, 0.4) is 0 Å². The average Bonchev–Trinajstić information content (AvgIpc) is 2.22. The highest BCUT2D eigenvalue weighted by Crippen LogP contribution is 2.27. The Morgan fingerprint density at radius 1 is 1.33 bits per heavy atom. The van der Waals surface area contributed by atoms with Crippen molar-refractivity contribution in [1.82, 2.24) is 5.32 Å². The predicted molar refractivity (Wildman–Crippen MR) is 65.0 cm³/mol. The summed E-state index contributed by atoms with van der Waals surface area (Å²) in [7, 11) is 0. The van der Waals surface area contributed by atoms with Gasteiger partial charge in [-0.1, -0.05) is 26.7 Å². The summed E-state index contributed by atoms with van der Waals surface area (Å²) in [6.45, 7) is 7.09. The number of aliphatic hydroxyl groups is 1. The second-order valence-electron chi connectivity index (χ2n) is 5.40. The van der Waals surface area contributed by atoms with Crippen LogP contribution in [0.5, 0.6) is 0 Å². The van der Waals surface area contributed by atoms with Gasteiger partial charge in [-0.05, 0) is 38.5 Å². The molecule has 0 aromatic carbocycles. The number of hydrogen-bond acceptors (Lipinski definition) is 2. The van der Waals surface area contributed by atoms with Crippen molar-refractivity contribution in [2.75, 3.05) is 6.61 Å². The fraction of sp³-hybridized carbons (Fsp3) is 1.00. The molecule has 1 rings (SSSR count). The van der Waals surface area contributed by atoms with Gasteiger partial charge in [0.05, 0.1) is 0 Å². The van der Waals surface area contributed by atoms with Crippen molar-refractivity contribution in [3.63, 3.8) is 0 Å². The van der Waals surface area contributed by atoms with Crippen LogP contribution in [0.4, 0.5) is 0 Å². The standard InChI is InChI=1S/C13H27NO/c1-4-13(3,9-10-15)14-12-8-6-5-7-11(12)2/h11-12,14-15H,4-10H2,1-3H3. The Labute approximate surface area is 94.5 Å². The van der Waals surface area contributed by atoms with E-state index in [1.54, 1.807) is 0 Å². The Kier molecular flexibility index (Phi) is 5.07. The Balaban J connectivity index is 2.49. The van der Waals surface area contributed by atoms with E-state index in [1.165, 1.54) is 25.7 Å². The van der Waals surface area contributed by atoms with E-state index in [0.717, 1.165) is 18.8 Å². The van der Waals surface area contributed by atoms with Crippen LogP contribution in [0.25, 0.3) is 0 Å². The maximum Gasteiger partial charge on any atom is 0.0448 e. The minimum atomic E-state index is 0.130. The molecule has 0 radical (unpaired) electrons. The lowest BCUT2D eigenvalue weighted by Crippen LogP contribution is -2.51. The molecular formula is C13H27NO. The summed E-state index contributed by atoms with van der Waals surface area (Å²) in [6.07, 6.45) is 7.38. The highest BCUT2D eigenvalue weighted by molar-refractivity contribution is 4.88. The molecular weight excluding hydrogens is 186 g/mol. The van der Waals surface area contributed by atoms with Gasteiger partial charge in [0.2, 0.25) is 0 Å². The van der Waals surface area contributed by atoms with E-state index < -0.39 is 0 Å². The summed E-state index contributed by atoms with van der Waals surface area (Å²) >= 11 is 0. The number of hydrogen-bond donors (Lipinski definition) is 2. The summed E-state index contributed by atoms with van der Waals surface area (Å²) in [4.78, 5) is 0. The Bertz CT molecular complexity index is 183. The second kappa shape index (κ2) is 5.86. The van der Waals surface area contributed by atoms with Crippen molar-refractivity contribution < 1.29 is 5.11 Å². The third-order valence-electron chi connectivity index (χ3n) is 4.09. The molecule has 2 N–H and O–H groups in total. The van der Waals surface area contributed by atoms with E-state index in [-0.39, 0.29) is 5.54 Å². The molecule has 1 saturated carbocycles. The lowest BCUT2D eigenvalue weighted by atomic mass is 9.83. The predicted octanol–water partition coefficient (Wildman–Crippen LogP) is 2.71. The van der Waals surface area contributed by atoms with E-state index in [9.17, 15) is 0 Å². The van der Waals surface area contributed by atoms with Gasteiger partial charge in [0.25, 0.3) is 0 Å². The molecule has 0 heterocycles. The summed E-state index contributed by atoms with van der Waals surface area (Å²) < 4.78 is 0. The molecule has 2 nitrogen and oxygen atoms in total. The van der Waals surface area contributed by atoms with Gasteiger partial charge in [0.15, 0.2) is 0 Å². The van der Waals surface area contributed by atoms with Crippen molar-refractivity contribution in [3.05, 3.63) is 0 Å². The zero-order valence-electron chi connectivity index (χ0n) is 10.6. The van der Waals surface area contributed by atoms with E-state index in [1.807, 2.05) is 0 Å². The monoisotopic (exact) mass is 213 g/mol. The first-order chi connectivity index (χ1) is 7.11. The van der Waals surface area contributed by atoms with Crippen LogP contribution in [-0.4, -0.2) is 23.3 Å². The SMILES string of the molecule is CCC(C)(CCO)NC1CCCCC1C. The van der Waals surface area contributed by atoms with Crippen molar-refractivity contribution >= 4 is 0 Å². The topological polar surface area (TPSA) is 32.3 Å². The molecule has 1 aliphatic rings. The van der Waals surface area contributed by atoms with Crippen molar-refractivity contribution in [2.45, 2.75) is 70.9 Å². The van der Waals surface area contributed by atoms with E-state index in [2.05, 4.69) is 26.1 Å². The lowest BCUT2D eigenvalue weighted by molar-refractivity contribution is 0.167. The molecule has 0 aromatic rings. The fourth-order valence-electron chi connectivity index (χ4n) is 2.58. The number of nitrogens with one attached hydrogen (secondary N) is 1. The highest BCUT2D eigenvalue weighted by Gasteiger charge is 2.29. The van der Waals surface area contributed by atoms with Crippen LogP contribution in [-0.2, 0) is 0 Å². The largest absolute Gasteiger partial charge is 0.396 e. The van der Waals surface area contributed by atoms with Crippen LogP contribution >= 0.6 is 0 Å². The molecule has 15 heavy (non-hydrogen) atoms. The van der Waals surface area contributed by atoms with Crippen LogP contribution < -0.4 is 5.32 Å². The first-order valence-corrected chi connectivity index (χ1v) is 6.50. The zero-order chi connectivity index (χ0) is 11.3. The van der Waals surface area contributed by atoms with Crippen LogP contribution in [0, 0.1) is 5.92 Å². The molecule has 1 aliphatic carbocycles. The van der Waals surface area contributed by atoms with Gasteiger partial charge >= 0.3 is 0 Å². The molecule has 3 atom stereocenters. The van der Waals surface area contributed by atoms with Crippen molar-refractivity contribution in [3.8, 4) is 0 Å². The lowest BCUT2D eigenvalue weighted by Gasteiger charge is -2.39. The maximum atomic E-state index is 9.09. The summed E-state index contributed by atoms with van der Waals surface area (Å²) in [6, 6.07) is 0.662. The third-order valence-corrected chi connectivity index (χ3v) is 4.09. The normalized spacial score (nSPS) is 31.2. The minimum absolute atomic E-state index is 0.130. The Morgan fingerprint density at radius 3 is 2.53 bits per heavy atom. The molecule has 0 spiro atoms. The first-order valence-electron chi connectivity index (χ1n) is 6.50. The van der Waals surface area contributed by atoms with Crippen LogP contribution in [0.1, 0.15) is 59.3 Å². The van der Waals surface area contributed by atoms with Gasteiger partial charge in [0, 0.05) is 18.2 Å². The zero-order valence-corrected chi connectivity index (χ0v) is 10.6. The summed E-state index contributed by atoms with van der Waals surface area (Å²) in [5.74, 6) is 0.795. The smallest absolute Gasteiger partial charge is 0.0448 e. The second-order valence-corrected chi connectivity index (χ2v) is 5.40. The van der Waals surface area contributed by atoms with Gasteiger partial charge in [-0.25, -0.2) is 0 Å². The fourth-order valence-corrected chi connectivity index (χ4v) is 2.58. The van der Waals surface area contributed by atoms with E-state index >= 15 is 0 Å². The highest BCUT2D eigenvalue weighted by atomic mass is 16.3. The quantitative estimate of drug-likeness (QED) is 0.736. The molecule has 90 valence electrons. The van der Waals surface area contributed by atoms with E-state index in [0.29, 0.717) is 12.6 Å². The molecule has 0 aliphatic heterocycles. The van der Waals surface area contributed by atoms with Crippen molar-refractivity contribution in [1.29, 1.82) is 0 Å². The number of rotatable bonds is 5. The van der Waals surface area contributed by atoms with Crippen LogP contribution in [0.15, 0.2) is 0 Å². The minimum Gasteiger partial charge on any atom is -0.396 e. The summed E-state index contributed by atoms with van der Waals surface area (Å²) in [5, 5.41) is 12.9. The Morgan fingerprint density at radius 2 is 2.00 bits per heavy atom. The number of aliphatic hydroxyl groups excluding tert-OH is 1.